The molecule has 3 aromatic rings. The zero-order valence-corrected chi connectivity index (χ0v) is 18.7. The van der Waals surface area contributed by atoms with Crippen molar-refractivity contribution in [1.82, 2.24) is 9.47 Å². The summed E-state index contributed by atoms with van der Waals surface area (Å²) in [5.41, 5.74) is 2.75. The third kappa shape index (κ3) is 6.04. The summed E-state index contributed by atoms with van der Waals surface area (Å²) in [5.74, 6) is 0. The van der Waals surface area contributed by atoms with Crippen LogP contribution in [0.25, 0.3) is 0 Å². The normalized spacial score (nSPS) is 10.8. The summed E-state index contributed by atoms with van der Waals surface area (Å²) in [5, 5.41) is 3.76. The lowest BCUT2D eigenvalue weighted by Crippen LogP contribution is -2.36. The Morgan fingerprint density at radius 1 is 0.967 bits per heavy atom. The minimum absolute atomic E-state index is 0.200. The number of aromatic nitrogens is 1. The molecule has 1 aromatic heterocycles. The Morgan fingerprint density at radius 2 is 1.70 bits per heavy atom. The standard InChI is InChI=1S/C24H27Cl2N3O/c1-2-3-7-15-29(24(30)27-23-21(25)13-8-14-22(23)26)18-20-12-9-16-28(20)17-19-10-5-4-6-11-19/h4-6,8-14,16H,2-3,7,15,17-18H2,1H3,(H,27,30). The molecule has 30 heavy (non-hydrogen) atoms. The number of para-hydroxylation sites is 1. The van der Waals surface area contributed by atoms with Gasteiger partial charge >= 0.3 is 6.03 Å². The zero-order valence-electron chi connectivity index (χ0n) is 17.2. The summed E-state index contributed by atoms with van der Waals surface area (Å²) < 4.78 is 2.18. The molecular formula is C24H27Cl2N3O. The third-order valence-electron chi connectivity index (χ3n) is 4.99. The minimum atomic E-state index is -0.200. The van der Waals surface area contributed by atoms with Gasteiger partial charge < -0.3 is 14.8 Å². The highest BCUT2D eigenvalue weighted by Gasteiger charge is 2.18. The predicted octanol–water partition coefficient (Wildman–Crippen LogP) is 7.07. The molecule has 4 nitrogen and oxygen atoms in total. The Hall–Kier alpha value is -2.43. The lowest BCUT2D eigenvalue weighted by molar-refractivity contribution is 0.206. The van der Waals surface area contributed by atoms with Crippen molar-refractivity contribution in [2.24, 2.45) is 0 Å². The Morgan fingerprint density at radius 3 is 2.40 bits per heavy atom. The predicted molar refractivity (Wildman–Crippen MR) is 125 cm³/mol. The molecule has 0 fully saturated rings. The molecule has 0 radical (unpaired) electrons. The molecule has 0 spiro atoms. The van der Waals surface area contributed by atoms with Gasteiger partial charge in [0.25, 0.3) is 0 Å². The van der Waals surface area contributed by atoms with Gasteiger partial charge in [-0.05, 0) is 36.2 Å². The molecule has 0 aliphatic rings. The van der Waals surface area contributed by atoms with Crippen LogP contribution in [0.15, 0.2) is 66.9 Å². The highest BCUT2D eigenvalue weighted by atomic mass is 35.5. The van der Waals surface area contributed by atoms with Gasteiger partial charge in [-0.3, -0.25) is 0 Å². The van der Waals surface area contributed by atoms with Crippen molar-refractivity contribution in [3.05, 3.63) is 88.2 Å². The average Bonchev–Trinajstić information content (AvgIpc) is 3.17. The Labute approximate surface area is 188 Å². The van der Waals surface area contributed by atoms with Crippen LogP contribution in [-0.4, -0.2) is 22.0 Å². The van der Waals surface area contributed by atoms with E-state index in [1.807, 2.05) is 29.2 Å². The van der Waals surface area contributed by atoms with Gasteiger partial charge in [0.2, 0.25) is 0 Å². The first-order chi connectivity index (χ1) is 14.6. The summed E-state index contributed by atoms with van der Waals surface area (Å²) >= 11 is 12.5. The molecular weight excluding hydrogens is 417 g/mol. The van der Waals surface area contributed by atoms with E-state index in [9.17, 15) is 4.79 Å². The van der Waals surface area contributed by atoms with E-state index in [1.165, 1.54) is 5.56 Å². The van der Waals surface area contributed by atoms with Crippen LogP contribution in [0.3, 0.4) is 0 Å². The molecule has 0 aliphatic heterocycles. The molecule has 0 unspecified atom stereocenters. The lowest BCUT2D eigenvalue weighted by atomic mass is 10.2. The van der Waals surface area contributed by atoms with Gasteiger partial charge in [-0.15, -0.1) is 0 Å². The molecule has 6 heteroatoms. The fraction of sp³-hybridized carbons (Fsp3) is 0.292. The summed E-state index contributed by atoms with van der Waals surface area (Å²) in [4.78, 5) is 14.9. The molecule has 0 saturated heterocycles. The smallest absolute Gasteiger partial charge is 0.322 e. The first-order valence-electron chi connectivity index (χ1n) is 10.3. The zero-order chi connectivity index (χ0) is 21.3. The van der Waals surface area contributed by atoms with E-state index in [0.717, 1.165) is 31.5 Å². The summed E-state index contributed by atoms with van der Waals surface area (Å²) in [6.45, 7) is 4.10. The van der Waals surface area contributed by atoms with E-state index in [0.29, 0.717) is 28.8 Å². The van der Waals surface area contributed by atoms with E-state index in [2.05, 4.69) is 41.2 Å². The van der Waals surface area contributed by atoms with E-state index in [4.69, 9.17) is 23.2 Å². The average molecular weight is 444 g/mol. The summed E-state index contributed by atoms with van der Waals surface area (Å²) in [7, 11) is 0. The lowest BCUT2D eigenvalue weighted by Gasteiger charge is -2.24. The van der Waals surface area contributed by atoms with Crippen molar-refractivity contribution in [3.8, 4) is 0 Å². The van der Waals surface area contributed by atoms with E-state index < -0.39 is 0 Å². The quantitative estimate of drug-likeness (QED) is 0.352. The number of hydrogen-bond donors (Lipinski definition) is 1. The molecule has 3 rings (SSSR count). The number of nitrogens with zero attached hydrogens (tertiary/aromatic N) is 2. The van der Waals surface area contributed by atoms with Gasteiger partial charge in [0.1, 0.15) is 0 Å². The second-order valence-corrected chi connectivity index (χ2v) is 8.08. The van der Waals surface area contributed by atoms with E-state index >= 15 is 0 Å². The highest BCUT2D eigenvalue weighted by Crippen LogP contribution is 2.30. The molecule has 158 valence electrons. The van der Waals surface area contributed by atoms with Crippen LogP contribution in [0.5, 0.6) is 0 Å². The number of unbranched alkanes of at least 4 members (excludes halogenated alkanes) is 2. The van der Waals surface area contributed by atoms with Gasteiger partial charge in [-0.2, -0.15) is 0 Å². The van der Waals surface area contributed by atoms with Crippen LogP contribution in [0.1, 0.15) is 37.4 Å². The third-order valence-corrected chi connectivity index (χ3v) is 5.62. The number of carbonyl (C=O) groups is 1. The number of amides is 2. The molecule has 1 N–H and O–H groups in total. The van der Waals surface area contributed by atoms with Gasteiger partial charge in [-0.25, -0.2) is 4.79 Å². The second kappa shape index (κ2) is 11.1. The second-order valence-electron chi connectivity index (χ2n) is 7.27. The van der Waals surface area contributed by atoms with Crippen molar-refractivity contribution in [2.45, 2.75) is 39.3 Å². The van der Waals surface area contributed by atoms with Crippen molar-refractivity contribution in [2.75, 3.05) is 11.9 Å². The van der Waals surface area contributed by atoms with Gasteiger partial charge in [0.05, 0.1) is 22.3 Å². The van der Waals surface area contributed by atoms with Gasteiger partial charge in [0.15, 0.2) is 0 Å². The number of urea groups is 1. The Kier molecular flexibility index (Phi) is 8.23. The number of carbonyl (C=O) groups excluding carboxylic acids is 1. The molecule has 2 aromatic carbocycles. The van der Waals surface area contributed by atoms with Crippen LogP contribution in [0, 0.1) is 0 Å². The fourth-order valence-electron chi connectivity index (χ4n) is 3.33. The van der Waals surface area contributed by atoms with Gasteiger partial charge in [-0.1, -0.05) is 79.4 Å². The first-order valence-corrected chi connectivity index (χ1v) is 11.0. The van der Waals surface area contributed by atoms with E-state index in [-0.39, 0.29) is 6.03 Å². The van der Waals surface area contributed by atoms with Crippen molar-refractivity contribution < 1.29 is 4.79 Å². The van der Waals surface area contributed by atoms with Crippen LogP contribution in [0.2, 0.25) is 10.0 Å². The largest absolute Gasteiger partial charge is 0.345 e. The topological polar surface area (TPSA) is 37.3 Å². The number of hydrogen-bond acceptors (Lipinski definition) is 1. The SMILES string of the molecule is CCCCCN(Cc1cccn1Cc1ccccc1)C(=O)Nc1c(Cl)cccc1Cl. The van der Waals surface area contributed by atoms with Crippen molar-refractivity contribution in [1.29, 1.82) is 0 Å². The van der Waals surface area contributed by atoms with Crippen LogP contribution in [0.4, 0.5) is 10.5 Å². The van der Waals surface area contributed by atoms with Crippen molar-refractivity contribution >= 4 is 34.9 Å². The van der Waals surface area contributed by atoms with Crippen LogP contribution >= 0.6 is 23.2 Å². The molecule has 1 heterocycles. The number of halogens is 2. The maximum Gasteiger partial charge on any atom is 0.322 e. The Bertz CT molecular complexity index is 936. The Balaban J connectivity index is 1.76. The van der Waals surface area contributed by atoms with Crippen LogP contribution in [-0.2, 0) is 13.1 Å². The molecule has 0 atom stereocenters. The molecule has 0 aliphatic carbocycles. The molecule has 0 bridgehead atoms. The van der Waals surface area contributed by atoms with E-state index in [1.54, 1.807) is 18.2 Å². The molecule has 0 saturated carbocycles. The maximum atomic E-state index is 13.1. The highest BCUT2D eigenvalue weighted by molar-refractivity contribution is 6.39. The molecule has 2 amide bonds. The number of nitrogens with one attached hydrogen (secondary N) is 1. The number of rotatable bonds is 9. The maximum absolute atomic E-state index is 13.1. The minimum Gasteiger partial charge on any atom is -0.345 e. The monoisotopic (exact) mass is 443 g/mol. The summed E-state index contributed by atoms with van der Waals surface area (Å²) in [6.07, 6.45) is 5.16. The fourth-order valence-corrected chi connectivity index (χ4v) is 3.82. The first kappa shape index (κ1) is 22.3. The number of anilines is 1. The van der Waals surface area contributed by atoms with Gasteiger partial charge in [0, 0.05) is 25.0 Å². The van der Waals surface area contributed by atoms with Crippen LogP contribution < -0.4 is 5.32 Å². The summed E-state index contributed by atoms with van der Waals surface area (Å²) in [6, 6.07) is 19.4. The number of benzene rings is 2. The van der Waals surface area contributed by atoms with Crippen molar-refractivity contribution in [3.63, 3.8) is 0 Å².